The van der Waals surface area contributed by atoms with E-state index in [9.17, 15) is 9.59 Å². The normalized spacial score (nSPS) is 16.5. The van der Waals surface area contributed by atoms with Crippen molar-refractivity contribution in [3.63, 3.8) is 0 Å². The lowest BCUT2D eigenvalue weighted by Crippen LogP contribution is -2.45. The number of aromatic nitrogens is 1. The maximum absolute atomic E-state index is 12.8. The van der Waals surface area contributed by atoms with Crippen LogP contribution >= 0.6 is 11.3 Å². The first-order valence-electron chi connectivity index (χ1n) is 10.2. The SMILES string of the molecule is COc1ccc(OC)c(-c2csc(NC(=O)C3CCCN(C(=O)OC(C)(C)C)C3)n2)c1. The number of anilines is 1. The molecule has 0 saturated carbocycles. The number of nitrogens with one attached hydrogen (secondary N) is 1. The highest BCUT2D eigenvalue weighted by Gasteiger charge is 2.31. The fourth-order valence-corrected chi connectivity index (χ4v) is 4.07. The summed E-state index contributed by atoms with van der Waals surface area (Å²) < 4.78 is 16.2. The van der Waals surface area contributed by atoms with E-state index in [1.807, 2.05) is 44.4 Å². The first-order valence-corrected chi connectivity index (χ1v) is 11.0. The summed E-state index contributed by atoms with van der Waals surface area (Å²) in [7, 11) is 3.20. The van der Waals surface area contributed by atoms with Crippen LogP contribution in [0.3, 0.4) is 0 Å². The van der Waals surface area contributed by atoms with E-state index in [0.717, 1.165) is 12.0 Å². The van der Waals surface area contributed by atoms with Gasteiger partial charge in [0.05, 0.1) is 25.8 Å². The highest BCUT2D eigenvalue weighted by atomic mass is 32.1. The topological polar surface area (TPSA) is 90.0 Å². The first-order chi connectivity index (χ1) is 14.7. The van der Waals surface area contributed by atoms with Crippen LogP contribution in [0.25, 0.3) is 11.3 Å². The Morgan fingerprint density at radius 2 is 2.00 bits per heavy atom. The fraction of sp³-hybridized carbons (Fsp3) is 0.500. The molecule has 1 N–H and O–H groups in total. The van der Waals surface area contributed by atoms with Crippen LogP contribution in [0.4, 0.5) is 9.93 Å². The molecule has 168 valence electrons. The van der Waals surface area contributed by atoms with Gasteiger partial charge in [-0.1, -0.05) is 0 Å². The Labute approximate surface area is 186 Å². The van der Waals surface area contributed by atoms with Gasteiger partial charge >= 0.3 is 6.09 Å². The number of likely N-dealkylation sites (tertiary alicyclic amines) is 1. The third-order valence-corrected chi connectivity index (χ3v) is 5.62. The second kappa shape index (κ2) is 9.55. The molecule has 0 radical (unpaired) electrons. The Morgan fingerprint density at radius 1 is 1.23 bits per heavy atom. The van der Waals surface area contributed by atoms with Crippen LogP contribution in [0.5, 0.6) is 11.5 Å². The van der Waals surface area contributed by atoms with E-state index >= 15 is 0 Å². The number of hydrogen-bond donors (Lipinski definition) is 1. The van der Waals surface area contributed by atoms with Gasteiger partial charge in [0.1, 0.15) is 17.1 Å². The molecule has 2 aromatic rings. The van der Waals surface area contributed by atoms with Gasteiger partial charge in [-0.05, 0) is 51.8 Å². The molecular formula is C22H29N3O5S. The lowest BCUT2D eigenvalue weighted by atomic mass is 9.97. The quantitative estimate of drug-likeness (QED) is 0.730. The molecule has 31 heavy (non-hydrogen) atoms. The Hall–Kier alpha value is -2.81. The Bertz CT molecular complexity index is 937. The van der Waals surface area contributed by atoms with Crippen LogP contribution in [-0.2, 0) is 9.53 Å². The highest BCUT2D eigenvalue weighted by Crippen LogP contribution is 2.35. The van der Waals surface area contributed by atoms with Crippen molar-refractivity contribution in [2.24, 2.45) is 5.92 Å². The average Bonchev–Trinajstić information content (AvgIpc) is 3.20. The molecule has 1 saturated heterocycles. The largest absolute Gasteiger partial charge is 0.497 e. The van der Waals surface area contributed by atoms with Gasteiger partial charge in [-0.3, -0.25) is 4.79 Å². The lowest BCUT2D eigenvalue weighted by Gasteiger charge is -2.33. The summed E-state index contributed by atoms with van der Waals surface area (Å²) in [6.45, 7) is 6.42. The molecule has 8 nitrogen and oxygen atoms in total. The molecule has 2 amide bonds. The monoisotopic (exact) mass is 447 g/mol. The average molecular weight is 448 g/mol. The van der Waals surface area contributed by atoms with Gasteiger partial charge < -0.3 is 24.4 Å². The molecule has 1 aliphatic rings. The zero-order valence-corrected chi connectivity index (χ0v) is 19.4. The Balaban J connectivity index is 1.67. The van der Waals surface area contributed by atoms with Gasteiger partial charge in [0.25, 0.3) is 0 Å². The van der Waals surface area contributed by atoms with Crippen LogP contribution in [0.15, 0.2) is 23.6 Å². The van der Waals surface area contributed by atoms with E-state index < -0.39 is 5.60 Å². The molecular weight excluding hydrogens is 418 g/mol. The summed E-state index contributed by atoms with van der Waals surface area (Å²) >= 11 is 1.34. The van der Waals surface area contributed by atoms with Crippen molar-refractivity contribution in [2.45, 2.75) is 39.2 Å². The minimum atomic E-state index is -0.565. The van der Waals surface area contributed by atoms with Crippen molar-refractivity contribution < 1.29 is 23.8 Å². The number of thiazole rings is 1. The smallest absolute Gasteiger partial charge is 0.410 e. The van der Waals surface area contributed by atoms with E-state index in [0.29, 0.717) is 41.8 Å². The molecule has 1 atom stereocenters. The number of amides is 2. The Morgan fingerprint density at radius 3 is 2.68 bits per heavy atom. The van der Waals surface area contributed by atoms with Crippen molar-refractivity contribution >= 4 is 28.5 Å². The highest BCUT2D eigenvalue weighted by molar-refractivity contribution is 7.14. The lowest BCUT2D eigenvalue weighted by molar-refractivity contribution is -0.121. The summed E-state index contributed by atoms with van der Waals surface area (Å²) in [4.78, 5) is 31.3. The minimum Gasteiger partial charge on any atom is -0.497 e. The number of nitrogens with zero attached hydrogens (tertiary/aromatic N) is 2. The van der Waals surface area contributed by atoms with Gasteiger partial charge in [-0.25, -0.2) is 9.78 Å². The summed E-state index contributed by atoms with van der Waals surface area (Å²) in [6.07, 6.45) is 1.08. The number of carbonyl (C=O) groups excluding carboxylic acids is 2. The first kappa shape index (κ1) is 22.9. The molecule has 1 aromatic heterocycles. The number of piperidine rings is 1. The van der Waals surface area contributed by atoms with Crippen LogP contribution < -0.4 is 14.8 Å². The number of hydrogen-bond acceptors (Lipinski definition) is 7. The van der Waals surface area contributed by atoms with Crippen molar-refractivity contribution in [1.29, 1.82) is 0 Å². The second-order valence-corrected chi connectivity index (χ2v) is 9.22. The van der Waals surface area contributed by atoms with Gasteiger partial charge in [0, 0.05) is 24.0 Å². The number of carbonyl (C=O) groups is 2. The van der Waals surface area contributed by atoms with Gasteiger partial charge in [0.15, 0.2) is 5.13 Å². The van der Waals surface area contributed by atoms with Crippen molar-refractivity contribution in [2.75, 3.05) is 32.6 Å². The third kappa shape index (κ3) is 5.88. The predicted molar refractivity (Wildman–Crippen MR) is 120 cm³/mol. The number of benzene rings is 1. The maximum Gasteiger partial charge on any atom is 0.410 e. The van der Waals surface area contributed by atoms with E-state index in [1.165, 1.54) is 11.3 Å². The third-order valence-electron chi connectivity index (χ3n) is 4.86. The zero-order valence-electron chi connectivity index (χ0n) is 18.6. The summed E-state index contributed by atoms with van der Waals surface area (Å²) in [5, 5.41) is 5.25. The van der Waals surface area contributed by atoms with E-state index in [2.05, 4.69) is 10.3 Å². The molecule has 0 bridgehead atoms. The molecule has 2 heterocycles. The van der Waals surface area contributed by atoms with Crippen molar-refractivity contribution in [3.05, 3.63) is 23.6 Å². The number of methoxy groups -OCH3 is 2. The number of ether oxygens (including phenoxy) is 3. The molecule has 0 spiro atoms. The molecule has 1 fully saturated rings. The zero-order chi connectivity index (χ0) is 22.6. The van der Waals surface area contributed by atoms with E-state index in [1.54, 1.807) is 19.1 Å². The van der Waals surface area contributed by atoms with Crippen LogP contribution in [0, 0.1) is 5.92 Å². The molecule has 1 unspecified atom stereocenters. The molecule has 1 aliphatic heterocycles. The summed E-state index contributed by atoms with van der Waals surface area (Å²) in [5.74, 6) is 0.912. The van der Waals surface area contributed by atoms with Crippen molar-refractivity contribution in [3.8, 4) is 22.8 Å². The summed E-state index contributed by atoms with van der Waals surface area (Å²) in [5.41, 5.74) is 0.910. The molecule has 1 aromatic carbocycles. The van der Waals surface area contributed by atoms with Crippen molar-refractivity contribution in [1.82, 2.24) is 9.88 Å². The molecule has 0 aliphatic carbocycles. The van der Waals surface area contributed by atoms with Gasteiger partial charge in [0.2, 0.25) is 5.91 Å². The van der Waals surface area contributed by atoms with Crippen LogP contribution in [0.2, 0.25) is 0 Å². The minimum absolute atomic E-state index is 0.147. The van der Waals surface area contributed by atoms with Crippen LogP contribution in [0.1, 0.15) is 33.6 Å². The van der Waals surface area contributed by atoms with Crippen LogP contribution in [-0.4, -0.2) is 54.8 Å². The van der Waals surface area contributed by atoms with Gasteiger partial charge in [-0.2, -0.15) is 0 Å². The summed E-state index contributed by atoms with van der Waals surface area (Å²) in [6, 6.07) is 5.48. The standard InChI is InChI=1S/C22H29N3O5S/c1-22(2,3)30-21(27)25-10-6-7-14(12-25)19(26)24-20-23-17(13-31-20)16-11-15(28-4)8-9-18(16)29-5/h8-9,11,13-14H,6-7,10,12H2,1-5H3,(H,23,24,26). The second-order valence-electron chi connectivity index (χ2n) is 8.36. The van der Waals surface area contributed by atoms with E-state index in [-0.39, 0.29) is 17.9 Å². The molecule has 9 heteroatoms. The molecule has 3 rings (SSSR count). The number of rotatable bonds is 5. The van der Waals surface area contributed by atoms with E-state index in [4.69, 9.17) is 14.2 Å². The maximum atomic E-state index is 12.8. The Kier molecular flexibility index (Phi) is 7.04. The predicted octanol–water partition coefficient (Wildman–Crippen LogP) is 4.41. The fourth-order valence-electron chi connectivity index (χ4n) is 3.36. The van der Waals surface area contributed by atoms with Gasteiger partial charge in [-0.15, -0.1) is 11.3 Å².